The van der Waals surface area contributed by atoms with Crippen LogP contribution in [0.25, 0.3) is 0 Å². The normalized spacial score (nSPS) is 15.1. The van der Waals surface area contributed by atoms with Crippen molar-refractivity contribution < 1.29 is 13.6 Å². The molecule has 1 aliphatic rings. The molecule has 128 valence electrons. The van der Waals surface area contributed by atoms with Crippen LogP contribution in [0.15, 0.2) is 28.9 Å². The van der Waals surface area contributed by atoms with E-state index < -0.39 is 11.2 Å². The van der Waals surface area contributed by atoms with Gasteiger partial charge in [-0.05, 0) is 39.3 Å². The SMILES string of the molecule is Cc1c(Cl)ccc(C(C)(C)C(=O)N2CCCc3occc3C2)c1F. The number of hydrogen-bond acceptors (Lipinski definition) is 2. The van der Waals surface area contributed by atoms with Crippen molar-refractivity contribution in [2.45, 2.75) is 45.6 Å². The van der Waals surface area contributed by atoms with Crippen molar-refractivity contribution in [3.05, 3.63) is 57.8 Å². The quantitative estimate of drug-likeness (QED) is 0.791. The first-order valence-electron chi connectivity index (χ1n) is 8.12. The van der Waals surface area contributed by atoms with Crippen LogP contribution in [-0.2, 0) is 23.2 Å². The van der Waals surface area contributed by atoms with Crippen molar-refractivity contribution in [3.63, 3.8) is 0 Å². The van der Waals surface area contributed by atoms with E-state index in [1.54, 1.807) is 44.1 Å². The van der Waals surface area contributed by atoms with Gasteiger partial charge >= 0.3 is 0 Å². The minimum atomic E-state index is -0.965. The van der Waals surface area contributed by atoms with Crippen molar-refractivity contribution in [2.24, 2.45) is 0 Å². The Balaban J connectivity index is 1.92. The summed E-state index contributed by atoms with van der Waals surface area (Å²) in [5.41, 5.74) is 0.826. The Morgan fingerprint density at radius 3 is 2.83 bits per heavy atom. The second-order valence-electron chi connectivity index (χ2n) is 6.86. The average Bonchev–Trinajstić information content (AvgIpc) is 2.88. The van der Waals surface area contributed by atoms with Gasteiger partial charge in [0, 0.05) is 41.2 Å². The summed E-state index contributed by atoms with van der Waals surface area (Å²) in [5.74, 6) is 0.452. The number of nitrogens with zero attached hydrogens (tertiary/aromatic N) is 1. The lowest BCUT2D eigenvalue weighted by molar-refractivity contribution is -0.137. The van der Waals surface area contributed by atoms with E-state index in [0.29, 0.717) is 29.2 Å². The number of furan rings is 1. The molecule has 0 radical (unpaired) electrons. The van der Waals surface area contributed by atoms with E-state index in [2.05, 4.69) is 0 Å². The maximum absolute atomic E-state index is 14.7. The molecule has 0 spiro atoms. The van der Waals surface area contributed by atoms with Crippen LogP contribution in [0.4, 0.5) is 4.39 Å². The van der Waals surface area contributed by atoms with Crippen LogP contribution in [-0.4, -0.2) is 17.4 Å². The van der Waals surface area contributed by atoms with Crippen molar-refractivity contribution in [3.8, 4) is 0 Å². The Morgan fingerprint density at radius 1 is 1.33 bits per heavy atom. The third kappa shape index (κ3) is 2.84. The molecule has 1 aliphatic heterocycles. The fourth-order valence-electron chi connectivity index (χ4n) is 3.27. The first-order valence-corrected chi connectivity index (χ1v) is 8.50. The number of carbonyl (C=O) groups excluding carboxylic acids is 1. The van der Waals surface area contributed by atoms with Crippen LogP contribution in [0, 0.1) is 12.7 Å². The Labute approximate surface area is 146 Å². The monoisotopic (exact) mass is 349 g/mol. The number of benzene rings is 1. The standard InChI is InChI=1S/C19H21ClFNO2/c1-12-15(20)7-6-14(17(12)21)19(2,3)18(23)22-9-4-5-16-13(11-22)8-10-24-16/h6-8,10H,4-5,9,11H2,1-3H3. The summed E-state index contributed by atoms with van der Waals surface area (Å²) in [6.07, 6.45) is 3.32. The van der Waals surface area contributed by atoms with Crippen molar-refractivity contribution in [1.29, 1.82) is 0 Å². The number of aryl methyl sites for hydroxylation is 1. The van der Waals surface area contributed by atoms with E-state index in [0.717, 1.165) is 24.2 Å². The van der Waals surface area contributed by atoms with E-state index >= 15 is 0 Å². The van der Waals surface area contributed by atoms with E-state index in [1.807, 2.05) is 6.07 Å². The third-order valence-corrected chi connectivity index (χ3v) is 5.26. The zero-order chi connectivity index (χ0) is 17.5. The fourth-order valence-corrected chi connectivity index (χ4v) is 3.42. The average molecular weight is 350 g/mol. The van der Waals surface area contributed by atoms with Crippen molar-refractivity contribution in [2.75, 3.05) is 6.54 Å². The van der Waals surface area contributed by atoms with Gasteiger partial charge in [0.2, 0.25) is 5.91 Å². The summed E-state index contributed by atoms with van der Waals surface area (Å²) in [5, 5.41) is 0.373. The molecule has 0 aliphatic carbocycles. The van der Waals surface area contributed by atoms with Gasteiger partial charge < -0.3 is 9.32 Å². The molecule has 24 heavy (non-hydrogen) atoms. The second-order valence-corrected chi connectivity index (χ2v) is 7.27. The molecule has 3 nitrogen and oxygen atoms in total. The highest BCUT2D eigenvalue weighted by atomic mass is 35.5. The Kier molecular flexibility index (Phi) is 4.43. The highest BCUT2D eigenvalue weighted by Crippen LogP contribution is 2.33. The van der Waals surface area contributed by atoms with Gasteiger partial charge in [-0.25, -0.2) is 4.39 Å². The Bertz CT molecular complexity index is 782. The molecule has 1 aromatic heterocycles. The summed E-state index contributed by atoms with van der Waals surface area (Å²) >= 11 is 5.98. The number of fused-ring (bicyclic) bond motifs is 1. The zero-order valence-corrected chi connectivity index (χ0v) is 14.9. The number of rotatable bonds is 2. The molecular formula is C19H21ClFNO2. The van der Waals surface area contributed by atoms with Crippen LogP contribution in [0.1, 0.15) is 42.7 Å². The second kappa shape index (κ2) is 6.25. The highest BCUT2D eigenvalue weighted by molar-refractivity contribution is 6.31. The van der Waals surface area contributed by atoms with Gasteiger partial charge in [-0.3, -0.25) is 4.79 Å². The molecule has 1 amide bonds. The van der Waals surface area contributed by atoms with E-state index in [4.69, 9.17) is 16.0 Å². The van der Waals surface area contributed by atoms with Gasteiger partial charge in [0.1, 0.15) is 11.6 Å². The summed E-state index contributed by atoms with van der Waals surface area (Å²) in [4.78, 5) is 14.9. The molecule has 0 atom stereocenters. The smallest absolute Gasteiger partial charge is 0.233 e. The van der Waals surface area contributed by atoms with Gasteiger partial charge in [0.25, 0.3) is 0 Å². The lowest BCUT2D eigenvalue weighted by Gasteiger charge is -2.32. The summed E-state index contributed by atoms with van der Waals surface area (Å²) in [6, 6.07) is 5.17. The molecular weight excluding hydrogens is 329 g/mol. The van der Waals surface area contributed by atoms with Crippen LogP contribution in [0.5, 0.6) is 0 Å². The first-order chi connectivity index (χ1) is 11.3. The molecule has 0 N–H and O–H groups in total. The van der Waals surface area contributed by atoms with Crippen LogP contribution in [0.2, 0.25) is 5.02 Å². The number of hydrogen-bond donors (Lipinski definition) is 0. The van der Waals surface area contributed by atoms with Gasteiger partial charge in [-0.2, -0.15) is 0 Å². The molecule has 2 heterocycles. The van der Waals surface area contributed by atoms with Gasteiger partial charge in [0.05, 0.1) is 11.7 Å². The number of carbonyl (C=O) groups is 1. The predicted octanol–water partition coefficient (Wildman–Crippen LogP) is 4.63. The maximum atomic E-state index is 14.7. The molecule has 5 heteroatoms. The molecule has 0 saturated heterocycles. The van der Waals surface area contributed by atoms with Crippen LogP contribution in [0.3, 0.4) is 0 Å². The topological polar surface area (TPSA) is 33.5 Å². The van der Waals surface area contributed by atoms with Gasteiger partial charge in [0.15, 0.2) is 0 Å². The van der Waals surface area contributed by atoms with Crippen molar-refractivity contribution in [1.82, 2.24) is 4.90 Å². The summed E-state index contributed by atoms with van der Waals surface area (Å²) in [7, 11) is 0. The largest absolute Gasteiger partial charge is 0.469 e. The minimum absolute atomic E-state index is 0.0860. The highest BCUT2D eigenvalue weighted by Gasteiger charge is 2.37. The lowest BCUT2D eigenvalue weighted by atomic mass is 9.82. The summed E-state index contributed by atoms with van der Waals surface area (Å²) < 4.78 is 20.2. The van der Waals surface area contributed by atoms with E-state index in [1.165, 1.54) is 0 Å². The predicted molar refractivity (Wildman–Crippen MR) is 91.6 cm³/mol. The molecule has 0 fully saturated rings. The molecule has 0 unspecified atom stereocenters. The van der Waals surface area contributed by atoms with E-state index in [9.17, 15) is 9.18 Å². The van der Waals surface area contributed by atoms with Crippen LogP contribution >= 0.6 is 11.6 Å². The number of amides is 1. The van der Waals surface area contributed by atoms with Crippen LogP contribution < -0.4 is 0 Å². The first kappa shape index (κ1) is 17.0. The van der Waals surface area contributed by atoms with E-state index in [-0.39, 0.29) is 5.91 Å². The zero-order valence-electron chi connectivity index (χ0n) is 14.2. The molecule has 0 saturated carbocycles. The summed E-state index contributed by atoms with van der Waals surface area (Å²) in [6.45, 7) is 6.30. The van der Waals surface area contributed by atoms with Gasteiger partial charge in [-0.15, -0.1) is 0 Å². The Hall–Kier alpha value is -1.81. The molecule has 1 aromatic carbocycles. The fraction of sp³-hybridized carbons (Fsp3) is 0.421. The molecule has 0 bridgehead atoms. The van der Waals surface area contributed by atoms with Crippen molar-refractivity contribution >= 4 is 17.5 Å². The minimum Gasteiger partial charge on any atom is -0.469 e. The van der Waals surface area contributed by atoms with Gasteiger partial charge in [-0.1, -0.05) is 17.7 Å². The number of halogens is 2. The Morgan fingerprint density at radius 2 is 2.08 bits per heavy atom. The molecule has 2 aromatic rings. The maximum Gasteiger partial charge on any atom is 0.233 e. The lowest BCUT2D eigenvalue weighted by Crippen LogP contribution is -2.43. The molecule has 3 rings (SSSR count). The third-order valence-electron chi connectivity index (χ3n) is 4.85.